The van der Waals surface area contributed by atoms with Gasteiger partial charge < -0.3 is 15.0 Å². The number of benzene rings is 2. The number of sulfonamides is 1. The van der Waals surface area contributed by atoms with Crippen molar-refractivity contribution in [3.8, 4) is 0 Å². The predicted molar refractivity (Wildman–Crippen MR) is 128 cm³/mol. The van der Waals surface area contributed by atoms with Gasteiger partial charge in [-0.1, -0.05) is 54.1 Å². The van der Waals surface area contributed by atoms with Gasteiger partial charge in [-0.15, -0.1) is 0 Å². The van der Waals surface area contributed by atoms with Crippen molar-refractivity contribution in [3.63, 3.8) is 0 Å². The van der Waals surface area contributed by atoms with Crippen molar-refractivity contribution >= 4 is 33.4 Å². The largest absolute Gasteiger partial charge is 0.383 e. The number of rotatable bonds is 12. The van der Waals surface area contributed by atoms with E-state index in [1.807, 2.05) is 6.07 Å². The van der Waals surface area contributed by atoms with Gasteiger partial charge >= 0.3 is 0 Å². The van der Waals surface area contributed by atoms with Crippen LogP contribution in [0.4, 0.5) is 0 Å². The van der Waals surface area contributed by atoms with Crippen molar-refractivity contribution in [1.29, 1.82) is 0 Å². The zero-order valence-corrected chi connectivity index (χ0v) is 20.6. The van der Waals surface area contributed by atoms with Gasteiger partial charge in [-0.25, -0.2) is 8.42 Å². The van der Waals surface area contributed by atoms with Gasteiger partial charge in [0.1, 0.15) is 6.04 Å². The molecule has 33 heavy (non-hydrogen) atoms. The smallest absolute Gasteiger partial charge is 0.242 e. The van der Waals surface area contributed by atoms with E-state index in [4.69, 9.17) is 16.3 Å². The Bertz CT molecular complexity index is 1020. The van der Waals surface area contributed by atoms with Gasteiger partial charge in [-0.3, -0.25) is 9.59 Å². The molecule has 2 aromatic carbocycles. The lowest BCUT2D eigenvalue weighted by molar-refractivity contribution is -0.140. The van der Waals surface area contributed by atoms with Crippen LogP contribution < -0.4 is 5.32 Å². The number of methoxy groups -OCH3 is 1. The Kier molecular flexibility index (Phi) is 10.3. The Morgan fingerprint density at radius 2 is 1.64 bits per heavy atom. The van der Waals surface area contributed by atoms with E-state index < -0.39 is 28.5 Å². The number of hydrogen-bond donors (Lipinski definition) is 1. The summed E-state index contributed by atoms with van der Waals surface area (Å²) in [4.78, 5) is 27.4. The lowest BCUT2D eigenvalue weighted by atomic mass is 10.1. The van der Waals surface area contributed by atoms with Crippen LogP contribution in [0.25, 0.3) is 0 Å². The summed E-state index contributed by atoms with van der Waals surface area (Å²) in [5.41, 5.74) is 1.52. The van der Waals surface area contributed by atoms with E-state index >= 15 is 0 Å². The van der Waals surface area contributed by atoms with Crippen molar-refractivity contribution in [2.75, 3.05) is 33.1 Å². The minimum atomic E-state index is -3.68. The van der Waals surface area contributed by atoms with Crippen molar-refractivity contribution in [2.24, 2.45) is 0 Å². The summed E-state index contributed by atoms with van der Waals surface area (Å²) in [6.07, 6.45) is 1.06. The monoisotopic (exact) mass is 495 g/mol. The van der Waals surface area contributed by atoms with Crippen LogP contribution in [0, 0.1) is 0 Å². The summed E-state index contributed by atoms with van der Waals surface area (Å²) in [7, 11) is -2.16. The van der Waals surface area contributed by atoms with Crippen LogP contribution in [0.1, 0.15) is 18.1 Å². The summed E-state index contributed by atoms with van der Waals surface area (Å²) >= 11 is 5.96. The van der Waals surface area contributed by atoms with Crippen molar-refractivity contribution in [2.45, 2.75) is 26.1 Å². The zero-order valence-electron chi connectivity index (χ0n) is 19.0. The highest BCUT2D eigenvalue weighted by Gasteiger charge is 2.29. The van der Waals surface area contributed by atoms with Crippen LogP contribution in [-0.4, -0.2) is 68.5 Å². The first-order valence-corrected chi connectivity index (χ1v) is 12.6. The SMILES string of the molecule is COCCNC(=O)C(C)N(Cc1ccc(Cl)cc1)C(=O)CN(Cc1ccccc1)S(C)(=O)=O. The molecule has 2 rings (SSSR count). The lowest BCUT2D eigenvalue weighted by Gasteiger charge is -2.31. The Morgan fingerprint density at radius 1 is 1.03 bits per heavy atom. The third kappa shape index (κ3) is 8.77. The molecule has 0 saturated heterocycles. The van der Waals surface area contributed by atoms with Gasteiger partial charge in [0, 0.05) is 31.8 Å². The Morgan fingerprint density at radius 3 is 2.21 bits per heavy atom. The van der Waals surface area contributed by atoms with Crippen LogP contribution in [-0.2, 0) is 37.4 Å². The summed E-state index contributed by atoms with van der Waals surface area (Å²) < 4.78 is 30.9. The van der Waals surface area contributed by atoms with Crippen LogP contribution in [0.15, 0.2) is 54.6 Å². The molecule has 0 radical (unpaired) electrons. The van der Waals surface area contributed by atoms with E-state index in [1.165, 1.54) is 12.0 Å². The number of carbonyl (C=O) groups is 2. The van der Waals surface area contributed by atoms with Crippen molar-refractivity contribution < 1.29 is 22.7 Å². The summed E-state index contributed by atoms with van der Waals surface area (Å²) in [6, 6.07) is 15.1. The van der Waals surface area contributed by atoms with Gasteiger partial charge in [-0.05, 0) is 30.2 Å². The molecule has 0 aliphatic heterocycles. The van der Waals surface area contributed by atoms with E-state index in [-0.39, 0.29) is 19.0 Å². The maximum atomic E-state index is 13.3. The molecule has 1 atom stereocenters. The maximum Gasteiger partial charge on any atom is 0.242 e. The molecule has 0 fully saturated rings. The molecule has 8 nitrogen and oxygen atoms in total. The zero-order chi connectivity index (χ0) is 24.4. The van der Waals surface area contributed by atoms with Crippen LogP contribution in [0.5, 0.6) is 0 Å². The number of halogens is 1. The molecule has 0 heterocycles. The first-order chi connectivity index (χ1) is 15.6. The molecule has 0 aliphatic carbocycles. The number of ether oxygens (including phenoxy) is 1. The maximum absolute atomic E-state index is 13.3. The highest BCUT2D eigenvalue weighted by molar-refractivity contribution is 7.88. The molecule has 180 valence electrons. The fourth-order valence-corrected chi connectivity index (χ4v) is 3.97. The fraction of sp³-hybridized carbons (Fsp3) is 0.391. The van der Waals surface area contributed by atoms with Gasteiger partial charge in [0.05, 0.1) is 19.4 Å². The second-order valence-electron chi connectivity index (χ2n) is 7.62. The lowest BCUT2D eigenvalue weighted by Crippen LogP contribution is -2.51. The van der Waals surface area contributed by atoms with Crippen molar-refractivity contribution in [1.82, 2.24) is 14.5 Å². The summed E-state index contributed by atoms with van der Waals surface area (Å²) in [5, 5.41) is 3.28. The van der Waals surface area contributed by atoms with E-state index in [1.54, 1.807) is 55.5 Å². The van der Waals surface area contributed by atoms with Crippen molar-refractivity contribution in [3.05, 3.63) is 70.7 Å². The summed E-state index contributed by atoms with van der Waals surface area (Å²) in [5.74, 6) is -0.843. The molecule has 2 amide bonds. The molecule has 0 bridgehead atoms. The topological polar surface area (TPSA) is 96.0 Å². The quantitative estimate of drug-likeness (QED) is 0.456. The normalized spacial score (nSPS) is 12.4. The van der Waals surface area contributed by atoms with Crippen LogP contribution in [0.2, 0.25) is 5.02 Å². The third-order valence-electron chi connectivity index (χ3n) is 5.02. The van der Waals surface area contributed by atoms with Gasteiger partial charge in [0.25, 0.3) is 0 Å². The molecule has 2 aromatic rings. The number of carbonyl (C=O) groups excluding carboxylic acids is 2. The average molecular weight is 496 g/mol. The number of nitrogens with one attached hydrogen (secondary N) is 1. The molecule has 1 N–H and O–H groups in total. The van der Waals surface area contributed by atoms with Gasteiger partial charge in [0.2, 0.25) is 21.8 Å². The van der Waals surface area contributed by atoms with Crippen LogP contribution in [0.3, 0.4) is 0 Å². The molecular weight excluding hydrogens is 466 g/mol. The molecule has 0 saturated carbocycles. The Labute approximate surface area is 200 Å². The van der Waals surface area contributed by atoms with E-state index in [0.29, 0.717) is 18.2 Å². The number of amides is 2. The number of nitrogens with zero attached hydrogens (tertiary/aromatic N) is 2. The standard InChI is InChI=1S/C23H30ClN3O5S/c1-18(23(29)25-13-14-32-2)27(16-20-9-11-21(24)12-10-20)22(28)17-26(33(3,30)31)15-19-7-5-4-6-8-19/h4-12,18H,13-17H2,1-3H3,(H,25,29). The van der Waals surface area contributed by atoms with E-state index in [2.05, 4.69) is 5.32 Å². The molecule has 1 unspecified atom stereocenters. The minimum absolute atomic E-state index is 0.0502. The number of hydrogen-bond acceptors (Lipinski definition) is 5. The summed E-state index contributed by atoms with van der Waals surface area (Å²) in [6.45, 7) is 2.02. The Hall–Kier alpha value is -2.46. The fourth-order valence-electron chi connectivity index (χ4n) is 3.11. The first kappa shape index (κ1) is 26.8. The Balaban J connectivity index is 2.25. The van der Waals surface area contributed by atoms with Crippen LogP contribution >= 0.6 is 11.6 Å². The molecular formula is C23H30ClN3O5S. The molecule has 10 heteroatoms. The van der Waals surface area contributed by atoms with Gasteiger partial charge in [0.15, 0.2) is 0 Å². The molecule has 0 aliphatic rings. The highest BCUT2D eigenvalue weighted by Crippen LogP contribution is 2.15. The minimum Gasteiger partial charge on any atom is -0.383 e. The average Bonchev–Trinajstić information content (AvgIpc) is 2.78. The molecule has 0 spiro atoms. The van der Waals surface area contributed by atoms with E-state index in [0.717, 1.165) is 21.7 Å². The predicted octanol–water partition coefficient (Wildman–Crippen LogP) is 2.28. The first-order valence-electron chi connectivity index (χ1n) is 10.4. The molecule has 0 aromatic heterocycles. The second kappa shape index (κ2) is 12.7. The highest BCUT2D eigenvalue weighted by atomic mass is 35.5. The van der Waals surface area contributed by atoms with E-state index in [9.17, 15) is 18.0 Å². The second-order valence-corrected chi connectivity index (χ2v) is 10.0. The van der Waals surface area contributed by atoms with Gasteiger partial charge in [-0.2, -0.15) is 4.31 Å². The third-order valence-corrected chi connectivity index (χ3v) is 6.47.